The molecule has 0 saturated heterocycles. The fraction of sp³-hybridized carbons (Fsp3) is 0.448. The number of fused-ring (bicyclic) bond motifs is 5. The molecule has 0 fully saturated rings. The van der Waals surface area contributed by atoms with Gasteiger partial charge in [0, 0.05) is 22.6 Å². The Morgan fingerprint density at radius 2 is 1.98 bits per heavy atom. The van der Waals surface area contributed by atoms with Crippen LogP contribution in [0.2, 0.25) is 0 Å². The van der Waals surface area contributed by atoms with E-state index in [1.807, 2.05) is 0 Å². The maximum atomic E-state index is 15.0. The van der Waals surface area contributed by atoms with Crippen LogP contribution in [0.15, 0.2) is 21.4 Å². The second kappa shape index (κ2) is 9.60. The minimum absolute atomic E-state index is 0.0265. The average Bonchev–Trinajstić information content (AvgIpc) is 3.27. The number of hydrogen-bond acceptors (Lipinski definition) is 6. The molecule has 0 saturated carbocycles. The molecule has 3 aliphatic rings. The summed E-state index contributed by atoms with van der Waals surface area (Å²) in [5.41, 5.74) is -0.100. The van der Waals surface area contributed by atoms with Crippen molar-refractivity contribution in [2.45, 2.75) is 71.0 Å². The predicted molar refractivity (Wildman–Crippen MR) is 146 cm³/mol. The van der Waals surface area contributed by atoms with Gasteiger partial charge < -0.3 is 19.7 Å². The molecule has 1 aromatic carbocycles. The first-order chi connectivity index (χ1) is 19.7. The lowest BCUT2D eigenvalue weighted by Crippen LogP contribution is -2.44. The third kappa shape index (κ3) is 4.03. The first-order valence-electron chi connectivity index (χ1n) is 13.6. The summed E-state index contributed by atoms with van der Waals surface area (Å²) in [6.07, 6.45) is -4.37. The molecule has 2 aromatic heterocycles. The topological polar surface area (TPSA) is 111 Å². The maximum absolute atomic E-state index is 15.0. The monoisotopic (exact) mass is 651 g/mol. The van der Waals surface area contributed by atoms with Crippen LogP contribution < -0.4 is 10.9 Å². The van der Waals surface area contributed by atoms with Gasteiger partial charge >= 0.3 is 12.1 Å². The van der Waals surface area contributed by atoms with Crippen LogP contribution >= 0.6 is 15.9 Å². The van der Waals surface area contributed by atoms with Crippen molar-refractivity contribution in [2.24, 2.45) is 11.8 Å². The number of halogens is 5. The smallest absolute Gasteiger partial charge is 0.400 e. The highest BCUT2D eigenvalue weighted by atomic mass is 79.9. The largest absolute Gasteiger partial charge is 0.458 e. The molecule has 8 nitrogen and oxygen atoms in total. The zero-order chi connectivity index (χ0) is 30.5. The quantitative estimate of drug-likeness (QED) is 0.240. The third-order valence-electron chi connectivity index (χ3n) is 8.66. The van der Waals surface area contributed by atoms with Crippen LogP contribution in [-0.4, -0.2) is 32.7 Å². The third-order valence-corrected chi connectivity index (χ3v) is 9.52. The second-order valence-corrected chi connectivity index (χ2v) is 12.2. The Labute approximate surface area is 245 Å². The number of carbonyl (C=O) groups excluding carboxylic acids is 2. The number of pyridine rings is 2. The van der Waals surface area contributed by atoms with Gasteiger partial charge in [-0.05, 0) is 58.3 Å². The van der Waals surface area contributed by atoms with Crippen LogP contribution in [0.25, 0.3) is 22.3 Å². The number of aromatic nitrogens is 2. The molecule has 1 unspecified atom stereocenters. The normalized spacial score (nSPS) is 21.6. The van der Waals surface area contributed by atoms with Crippen LogP contribution in [-0.2, 0) is 39.5 Å². The van der Waals surface area contributed by atoms with Gasteiger partial charge in [-0.1, -0.05) is 20.8 Å². The summed E-state index contributed by atoms with van der Waals surface area (Å²) in [7, 11) is 0. The lowest BCUT2D eigenvalue weighted by molar-refractivity contribution is -0.191. The molecule has 0 radical (unpaired) electrons. The predicted octanol–water partition coefficient (Wildman–Crippen LogP) is 4.92. The van der Waals surface area contributed by atoms with Gasteiger partial charge in [-0.2, -0.15) is 13.2 Å². The fourth-order valence-corrected chi connectivity index (χ4v) is 7.10. The van der Waals surface area contributed by atoms with E-state index >= 15 is 0 Å². The number of aliphatic hydroxyl groups is 1. The molecule has 2 N–H and O–H groups in total. The molecule has 0 spiro atoms. The van der Waals surface area contributed by atoms with E-state index in [1.165, 1.54) is 30.5 Å². The highest BCUT2D eigenvalue weighted by Gasteiger charge is 2.48. The zero-order valence-corrected chi connectivity index (χ0v) is 24.4. The molecule has 4 heterocycles. The minimum Gasteiger partial charge on any atom is -0.458 e. The Bertz CT molecular complexity index is 1770. The van der Waals surface area contributed by atoms with E-state index in [0.29, 0.717) is 22.1 Å². The standard InChI is InChI=1S/C29H26BrF4N3O5/c1-4-28(41)15-7-19-24-13(9-37(19)26(39)14(15)10-42-27(28)40)21-17(36-25(38)22(11(2)3)29(32,33)34)6-5-12-20(21)18(35-24)8-16(31)23(12)30/h7-8,11,17,22,41H,4-6,9-10H2,1-3H3,(H,36,38)/t17-,22?,28-/m0/s1. The second-order valence-electron chi connectivity index (χ2n) is 11.4. The Morgan fingerprint density at radius 1 is 1.26 bits per heavy atom. The summed E-state index contributed by atoms with van der Waals surface area (Å²) in [6, 6.07) is 1.83. The molecule has 13 heteroatoms. The van der Waals surface area contributed by atoms with Gasteiger partial charge in [-0.3, -0.25) is 9.59 Å². The molecule has 1 amide bonds. The van der Waals surface area contributed by atoms with Crippen LogP contribution in [0.1, 0.15) is 67.5 Å². The molecule has 3 atom stereocenters. The summed E-state index contributed by atoms with van der Waals surface area (Å²) < 4.78 is 63.2. The van der Waals surface area contributed by atoms with Crippen molar-refractivity contribution in [1.29, 1.82) is 0 Å². The zero-order valence-electron chi connectivity index (χ0n) is 22.8. The molecular formula is C29H26BrF4N3O5. The van der Waals surface area contributed by atoms with Crippen molar-refractivity contribution in [1.82, 2.24) is 14.9 Å². The number of esters is 1. The number of cyclic esters (lactones) is 1. The van der Waals surface area contributed by atoms with Gasteiger partial charge in [0.05, 0.1) is 39.5 Å². The van der Waals surface area contributed by atoms with Crippen molar-refractivity contribution < 1.29 is 37.0 Å². The fourth-order valence-electron chi connectivity index (χ4n) is 6.59. The van der Waals surface area contributed by atoms with Crippen molar-refractivity contribution in [2.75, 3.05) is 0 Å². The van der Waals surface area contributed by atoms with Gasteiger partial charge in [0.1, 0.15) is 18.3 Å². The van der Waals surface area contributed by atoms with Gasteiger partial charge in [0.15, 0.2) is 5.60 Å². The van der Waals surface area contributed by atoms with E-state index in [9.17, 15) is 37.1 Å². The molecule has 6 rings (SSSR count). The van der Waals surface area contributed by atoms with Gasteiger partial charge in [0.25, 0.3) is 5.56 Å². The first-order valence-corrected chi connectivity index (χ1v) is 14.4. The van der Waals surface area contributed by atoms with E-state index in [-0.39, 0.29) is 64.9 Å². The molecule has 0 bridgehead atoms. The number of aryl methyl sites for hydroxylation is 1. The lowest BCUT2D eigenvalue weighted by atomic mass is 9.82. The molecule has 42 heavy (non-hydrogen) atoms. The highest BCUT2D eigenvalue weighted by Crippen LogP contribution is 2.47. The SMILES string of the molecule is CC[C@@]1(O)C(=O)OCc2c1cc1n(c2=O)Cc2c-1nc1cc(F)c(Br)c3c1c2[C@@H](NC(=O)C(C(C)C)C(F)(F)F)CC3. The number of rotatable bonds is 4. The van der Waals surface area contributed by atoms with E-state index in [1.54, 1.807) is 6.92 Å². The van der Waals surface area contributed by atoms with Crippen molar-refractivity contribution in [3.8, 4) is 11.4 Å². The number of nitrogens with zero attached hydrogens (tertiary/aromatic N) is 2. The van der Waals surface area contributed by atoms with Crippen LogP contribution in [0.4, 0.5) is 17.6 Å². The number of carbonyl (C=O) groups is 2. The number of hydrogen-bond donors (Lipinski definition) is 2. The Kier molecular flexibility index (Phi) is 6.58. The Hall–Kier alpha value is -3.32. The lowest BCUT2D eigenvalue weighted by Gasteiger charge is -2.32. The number of alkyl halides is 3. The summed E-state index contributed by atoms with van der Waals surface area (Å²) in [6.45, 7) is 3.87. The summed E-state index contributed by atoms with van der Waals surface area (Å²) in [5, 5.41) is 14.3. The van der Waals surface area contributed by atoms with Crippen LogP contribution in [0.3, 0.4) is 0 Å². The van der Waals surface area contributed by atoms with Crippen molar-refractivity contribution in [3.05, 3.63) is 60.6 Å². The maximum Gasteiger partial charge on any atom is 0.400 e. The number of amides is 1. The van der Waals surface area contributed by atoms with Gasteiger partial charge in [-0.25, -0.2) is 14.2 Å². The Balaban J connectivity index is 1.58. The van der Waals surface area contributed by atoms with Gasteiger partial charge in [0.2, 0.25) is 5.91 Å². The average molecular weight is 652 g/mol. The molecule has 1 aliphatic carbocycles. The van der Waals surface area contributed by atoms with Crippen LogP contribution in [0, 0.1) is 17.7 Å². The van der Waals surface area contributed by atoms with Gasteiger partial charge in [-0.15, -0.1) is 0 Å². The van der Waals surface area contributed by atoms with E-state index in [2.05, 4.69) is 21.2 Å². The highest BCUT2D eigenvalue weighted by molar-refractivity contribution is 9.10. The first kappa shape index (κ1) is 28.8. The number of nitrogens with one attached hydrogen (secondary N) is 1. The molecule has 3 aromatic rings. The molecule has 222 valence electrons. The molecule has 2 aliphatic heterocycles. The summed E-state index contributed by atoms with van der Waals surface area (Å²) in [5.74, 6) is -5.88. The minimum atomic E-state index is -4.76. The van der Waals surface area contributed by atoms with Crippen molar-refractivity contribution >= 4 is 38.7 Å². The van der Waals surface area contributed by atoms with E-state index in [4.69, 9.17) is 9.72 Å². The summed E-state index contributed by atoms with van der Waals surface area (Å²) >= 11 is 3.29. The van der Waals surface area contributed by atoms with E-state index < -0.39 is 52.9 Å². The molecular weight excluding hydrogens is 626 g/mol. The van der Waals surface area contributed by atoms with Crippen molar-refractivity contribution in [3.63, 3.8) is 0 Å². The summed E-state index contributed by atoms with van der Waals surface area (Å²) in [4.78, 5) is 44.0. The number of benzene rings is 1. The Morgan fingerprint density at radius 3 is 2.62 bits per heavy atom. The number of ether oxygens (including phenoxy) is 1. The van der Waals surface area contributed by atoms with E-state index in [0.717, 1.165) is 0 Å². The van der Waals surface area contributed by atoms with Crippen LogP contribution in [0.5, 0.6) is 0 Å².